The van der Waals surface area contributed by atoms with Crippen molar-refractivity contribution in [3.05, 3.63) is 42.1 Å². The van der Waals surface area contributed by atoms with Crippen molar-refractivity contribution in [1.29, 1.82) is 0 Å². The maximum absolute atomic E-state index is 12.6. The third kappa shape index (κ3) is 2.27. The van der Waals surface area contributed by atoms with Gasteiger partial charge in [0.25, 0.3) is 5.91 Å². The Labute approximate surface area is 118 Å². The average Bonchev–Trinajstić information content (AvgIpc) is 2.96. The van der Waals surface area contributed by atoms with Crippen LogP contribution >= 0.6 is 0 Å². The molecule has 0 aliphatic carbocycles. The first-order chi connectivity index (χ1) is 9.66. The summed E-state index contributed by atoms with van der Waals surface area (Å²) < 4.78 is 0. The maximum atomic E-state index is 12.6. The standard InChI is InChI=1S/C16H18N2O2/c1-11(19)13-7-9-18(10-13)16(20)14-6-2-4-12-5-3-8-17-15(12)14/h2-6,8,11,13,19H,7,9-10H2,1H3. The van der Waals surface area contributed by atoms with Gasteiger partial charge in [0.1, 0.15) is 0 Å². The van der Waals surface area contributed by atoms with Gasteiger partial charge in [-0.2, -0.15) is 0 Å². The highest BCUT2D eigenvalue weighted by molar-refractivity contribution is 6.05. The normalized spacial score (nSPS) is 20.3. The van der Waals surface area contributed by atoms with Crippen LogP contribution in [0.3, 0.4) is 0 Å². The van der Waals surface area contributed by atoms with E-state index < -0.39 is 0 Å². The fraction of sp³-hybridized carbons (Fsp3) is 0.375. The number of amides is 1. The van der Waals surface area contributed by atoms with E-state index in [1.165, 1.54) is 0 Å². The van der Waals surface area contributed by atoms with Crippen LogP contribution in [-0.2, 0) is 0 Å². The number of nitrogens with zero attached hydrogens (tertiary/aromatic N) is 2. The summed E-state index contributed by atoms with van der Waals surface area (Å²) >= 11 is 0. The Morgan fingerprint density at radius 1 is 1.40 bits per heavy atom. The molecule has 2 heterocycles. The summed E-state index contributed by atoms with van der Waals surface area (Å²) in [6.45, 7) is 3.12. The second kappa shape index (κ2) is 5.21. The fourth-order valence-corrected chi connectivity index (χ4v) is 2.81. The Hall–Kier alpha value is -1.94. The van der Waals surface area contributed by atoms with Crippen molar-refractivity contribution in [3.63, 3.8) is 0 Å². The Kier molecular flexibility index (Phi) is 3.40. The van der Waals surface area contributed by atoms with E-state index in [4.69, 9.17) is 0 Å². The van der Waals surface area contributed by atoms with Crippen molar-refractivity contribution in [3.8, 4) is 0 Å². The molecule has 0 bridgehead atoms. The lowest BCUT2D eigenvalue weighted by Gasteiger charge is -2.18. The molecule has 1 fully saturated rings. The minimum atomic E-state index is -0.363. The zero-order chi connectivity index (χ0) is 14.1. The number of pyridine rings is 1. The molecule has 1 aromatic carbocycles. The Bertz CT molecular complexity index is 634. The van der Waals surface area contributed by atoms with Gasteiger partial charge in [-0.05, 0) is 25.5 Å². The highest BCUT2D eigenvalue weighted by atomic mass is 16.3. The minimum absolute atomic E-state index is 0.0115. The monoisotopic (exact) mass is 270 g/mol. The van der Waals surface area contributed by atoms with Gasteiger partial charge in [-0.3, -0.25) is 9.78 Å². The van der Waals surface area contributed by atoms with E-state index >= 15 is 0 Å². The van der Waals surface area contributed by atoms with Crippen molar-refractivity contribution in [2.24, 2.45) is 5.92 Å². The van der Waals surface area contributed by atoms with Crippen LogP contribution in [-0.4, -0.2) is 40.1 Å². The van der Waals surface area contributed by atoms with Gasteiger partial charge in [-0.25, -0.2) is 0 Å². The van der Waals surface area contributed by atoms with Crippen LogP contribution < -0.4 is 0 Å². The maximum Gasteiger partial charge on any atom is 0.256 e. The van der Waals surface area contributed by atoms with Crippen molar-refractivity contribution in [1.82, 2.24) is 9.88 Å². The summed E-state index contributed by atoms with van der Waals surface area (Å²) in [5.74, 6) is 0.194. The predicted molar refractivity (Wildman–Crippen MR) is 77.4 cm³/mol. The molecule has 0 radical (unpaired) electrons. The summed E-state index contributed by atoms with van der Waals surface area (Å²) in [5.41, 5.74) is 1.40. The van der Waals surface area contributed by atoms with E-state index in [1.807, 2.05) is 35.2 Å². The Balaban J connectivity index is 1.90. The second-order valence-corrected chi connectivity index (χ2v) is 5.42. The van der Waals surface area contributed by atoms with Crippen LogP contribution in [0.25, 0.3) is 10.9 Å². The lowest BCUT2D eigenvalue weighted by Crippen LogP contribution is -2.30. The number of hydrogen-bond donors (Lipinski definition) is 1. The lowest BCUT2D eigenvalue weighted by atomic mass is 10.0. The van der Waals surface area contributed by atoms with Crippen LogP contribution in [0.2, 0.25) is 0 Å². The van der Waals surface area contributed by atoms with Gasteiger partial charge in [0.05, 0.1) is 17.2 Å². The van der Waals surface area contributed by atoms with Gasteiger partial charge in [0.15, 0.2) is 0 Å². The third-order valence-corrected chi connectivity index (χ3v) is 4.06. The molecule has 20 heavy (non-hydrogen) atoms. The molecular formula is C16H18N2O2. The topological polar surface area (TPSA) is 53.4 Å². The smallest absolute Gasteiger partial charge is 0.256 e. The molecule has 2 unspecified atom stereocenters. The summed E-state index contributed by atoms with van der Waals surface area (Å²) in [4.78, 5) is 18.8. The molecular weight excluding hydrogens is 252 g/mol. The quantitative estimate of drug-likeness (QED) is 0.909. The zero-order valence-electron chi connectivity index (χ0n) is 11.5. The molecule has 1 N–H and O–H groups in total. The van der Waals surface area contributed by atoms with Gasteiger partial charge >= 0.3 is 0 Å². The van der Waals surface area contributed by atoms with Gasteiger partial charge in [0, 0.05) is 30.6 Å². The van der Waals surface area contributed by atoms with Crippen LogP contribution in [0, 0.1) is 5.92 Å². The number of aliphatic hydroxyl groups excluding tert-OH is 1. The molecule has 1 aromatic heterocycles. The molecule has 4 nitrogen and oxygen atoms in total. The van der Waals surface area contributed by atoms with Gasteiger partial charge in [-0.15, -0.1) is 0 Å². The Morgan fingerprint density at radius 2 is 2.20 bits per heavy atom. The van der Waals surface area contributed by atoms with Crippen LogP contribution in [0.15, 0.2) is 36.5 Å². The number of benzene rings is 1. The molecule has 2 atom stereocenters. The highest BCUT2D eigenvalue weighted by Crippen LogP contribution is 2.24. The zero-order valence-corrected chi connectivity index (χ0v) is 11.5. The third-order valence-electron chi connectivity index (χ3n) is 4.06. The molecule has 3 rings (SSSR count). The van der Waals surface area contributed by atoms with Crippen LogP contribution in [0.1, 0.15) is 23.7 Å². The van der Waals surface area contributed by atoms with E-state index in [2.05, 4.69) is 4.98 Å². The lowest BCUT2D eigenvalue weighted by molar-refractivity contribution is 0.0764. The Morgan fingerprint density at radius 3 is 2.95 bits per heavy atom. The van der Waals surface area contributed by atoms with Crippen LogP contribution in [0.4, 0.5) is 0 Å². The first-order valence-electron chi connectivity index (χ1n) is 6.98. The number of hydrogen-bond acceptors (Lipinski definition) is 3. The molecule has 2 aromatic rings. The number of para-hydroxylation sites is 1. The van der Waals surface area contributed by atoms with E-state index in [9.17, 15) is 9.90 Å². The van der Waals surface area contributed by atoms with Crippen molar-refractivity contribution < 1.29 is 9.90 Å². The number of fused-ring (bicyclic) bond motifs is 1. The van der Waals surface area contributed by atoms with Gasteiger partial charge < -0.3 is 10.0 Å². The molecule has 1 aliphatic heterocycles. The first-order valence-corrected chi connectivity index (χ1v) is 6.98. The molecule has 4 heteroatoms. The number of rotatable bonds is 2. The first kappa shape index (κ1) is 13.1. The molecule has 1 aliphatic rings. The number of aromatic nitrogens is 1. The van der Waals surface area contributed by atoms with Crippen LogP contribution in [0.5, 0.6) is 0 Å². The number of carbonyl (C=O) groups excluding carboxylic acids is 1. The highest BCUT2D eigenvalue weighted by Gasteiger charge is 2.30. The number of carbonyl (C=O) groups is 1. The van der Waals surface area contributed by atoms with Gasteiger partial charge in [-0.1, -0.05) is 18.2 Å². The molecule has 0 saturated carbocycles. The number of likely N-dealkylation sites (tertiary alicyclic amines) is 1. The SMILES string of the molecule is CC(O)C1CCN(C(=O)c2cccc3cccnc23)C1. The summed E-state index contributed by atoms with van der Waals surface area (Å²) in [5, 5.41) is 10.6. The van der Waals surface area contributed by atoms with E-state index in [0.29, 0.717) is 18.7 Å². The van der Waals surface area contributed by atoms with E-state index in [-0.39, 0.29) is 17.9 Å². The van der Waals surface area contributed by atoms with Crippen molar-refractivity contribution in [2.75, 3.05) is 13.1 Å². The summed E-state index contributed by atoms with van der Waals surface area (Å²) in [7, 11) is 0. The van der Waals surface area contributed by atoms with E-state index in [1.54, 1.807) is 13.1 Å². The van der Waals surface area contributed by atoms with Gasteiger partial charge in [0.2, 0.25) is 0 Å². The largest absolute Gasteiger partial charge is 0.393 e. The predicted octanol–water partition coefficient (Wildman–Crippen LogP) is 2.08. The fourth-order valence-electron chi connectivity index (χ4n) is 2.81. The summed E-state index contributed by atoms with van der Waals surface area (Å²) in [6.07, 6.45) is 2.21. The second-order valence-electron chi connectivity index (χ2n) is 5.42. The summed E-state index contributed by atoms with van der Waals surface area (Å²) in [6, 6.07) is 9.51. The average molecular weight is 270 g/mol. The molecule has 104 valence electrons. The molecule has 1 amide bonds. The minimum Gasteiger partial charge on any atom is -0.393 e. The number of aliphatic hydroxyl groups is 1. The molecule has 0 spiro atoms. The van der Waals surface area contributed by atoms with Crippen molar-refractivity contribution in [2.45, 2.75) is 19.4 Å². The van der Waals surface area contributed by atoms with Crippen molar-refractivity contribution >= 4 is 16.8 Å². The molecule has 1 saturated heterocycles. The van der Waals surface area contributed by atoms with E-state index in [0.717, 1.165) is 17.3 Å².